The molecule has 0 spiro atoms. The van der Waals surface area contributed by atoms with Crippen molar-refractivity contribution in [2.45, 2.75) is 33.4 Å². The highest BCUT2D eigenvalue weighted by atomic mass is 35.5. The van der Waals surface area contributed by atoms with Crippen molar-refractivity contribution < 1.29 is 14.3 Å². The largest absolute Gasteiger partial charge is 0.465 e. The molecular formula is C18H23ClN4O3. The van der Waals surface area contributed by atoms with Gasteiger partial charge in [0.25, 0.3) is 0 Å². The number of carbonyl (C=O) groups excluding carboxylic acids is 2. The number of hydrogen-bond acceptors (Lipinski definition) is 4. The highest BCUT2D eigenvalue weighted by molar-refractivity contribution is 6.33. The van der Waals surface area contributed by atoms with Gasteiger partial charge in [-0.05, 0) is 23.6 Å². The van der Waals surface area contributed by atoms with Gasteiger partial charge in [-0.1, -0.05) is 32.4 Å². The summed E-state index contributed by atoms with van der Waals surface area (Å²) in [6.07, 6.45) is 5.26. The Hall–Kier alpha value is -2.54. The zero-order valence-corrected chi connectivity index (χ0v) is 16.0. The first-order valence-corrected chi connectivity index (χ1v) is 8.49. The summed E-state index contributed by atoms with van der Waals surface area (Å²) in [6, 6.07) is 4.14. The molecule has 1 atom stereocenters. The van der Waals surface area contributed by atoms with Gasteiger partial charge in [0.2, 0.25) is 0 Å². The van der Waals surface area contributed by atoms with Crippen LogP contribution in [0.3, 0.4) is 0 Å². The van der Waals surface area contributed by atoms with Crippen LogP contribution in [0.2, 0.25) is 5.02 Å². The lowest BCUT2D eigenvalue weighted by atomic mass is 9.86. The lowest BCUT2D eigenvalue weighted by Crippen LogP contribution is -2.47. The molecule has 0 saturated carbocycles. The zero-order chi connectivity index (χ0) is 19.3. The molecule has 0 saturated heterocycles. The quantitative estimate of drug-likeness (QED) is 0.779. The normalized spacial score (nSPS) is 12.3. The molecule has 0 aliphatic heterocycles. The molecule has 0 aliphatic carbocycles. The molecule has 2 aromatic rings. The lowest BCUT2D eigenvalue weighted by Gasteiger charge is -2.31. The van der Waals surface area contributed by atoms with Crippen LogP contribution in [-0.4, -0.2) is 34.7 Å². The number of aromatic nitrogens is 2. The van der Waals surface area contributed by atoms with E-state index in [0.29, 0.717) is 12.2 Å². The van der Waals surface area contributed by atoms with Crippen LogP contribution in [0.15, 0.2) is 36.9 Å². The Balaban J connectivity index is 2.06. The van der Waals surface area contributed by atoms with E-state index in [9.17, 15) is 9.59 Å². The first-order valence-electron chi connectivity index (χ1n) is 8.12. The van der Waals surface area contributed by atoms with Crippen molar-refractivity contribution in [3.05, 3.63) is 47.5 Å². The van der Waals surface area contributed by atoms with E-state index in [1.54, 1.807) is 18.6 Å². The van der Waals surface area contributed by atoms with Crippen molar-refractivity contribution >= 4 is 29.3 Å². The Morgan fingerprint density at radius 3 is 2.62 bits per heavy atom. The summed E-state index contributed by atoms with van der Waals surface area (Å²) in [5, 5.41) is 5.92. The monoisotopic (exact) mass is 378 g/mol. The Bertz CT molecular complexity index is 769. The number of imidazole rings is 1. The third-order valence-corrected chi connectivity index (χ3v) is 4.25. The molecule has 1 aromatic heterocycles. The average Bonchev–Trinajstić information content (AvgIpc) is 3.06. The fourth-order valence-electron chi connectivity index (χ4n) is 2.34. The van der Waals surface area contributed by atoms with Crippen molar-refractivity contribution in [3.63, 3.8) is 0 Å². The number of ether oxygens (including phenoxy) is 1. The second kappa shape index (κ2) is 8.23. The molecule has 26 heavy (non-hydrogen) atoms. The summed E-state index contributed by atoms with van der Waals surface area (Å²) in [7, 11) is 1.28. The van der Waals surface area contributed by atoms with Crippen molar-refractivity contribution in [2.24, 2.45) is 5.41 Å². The summed E-state index contributed by atoms with van der Waals surface area (Å²) >= 11 is 6.08. The van der Waals surface area contributed by atoms with E-state index in [4.69, 9.17) is 11.6 Å². The van der Waals surface area contributed by atoms with Crippen LogP contribution >= 0.6 is 11.6 Å². The lowest BCUT2D eigenvalue weighted by molar-refractivity contribution is 0.0601. The van der Waals surface area contributed by atoms with Gasteiger partial charge in [0.1, 0.15) is 0 Å². The number of nitrogens with zero attached hydrogens (tertiary/aromatic N) is 2. The van der Waals surface area contributed by atoms with E-state index in [0.717, 1.165) is 0 Å². The first kappa shape index (κ1) is 19.8. The molecule has 0 bridgehead atoms. The van der Waals surface area contributed by atoms with Crippen molar-refractivity contribution in [3.8, 4) is 0 Å². The molecule has 2 N–H and O–H groups in total. The van der Waals surface area contributed by atoms with Gasteiger partial charge in [-0.3, -0.25) is 0 Å². The second-order valence-corrected chi connectivity index (χ2v) is 7.37. The molecule has 2 rings (SSSR count). The molecule has 0 radical (unpaired) electrons. The van der Waals surface area contributed by atoms with E-state index >= 15 is 0 Å². The molecular weight excluding hydrogens is 356 g/mol. The fourth-order valence-corrected chi connectivity index (χ4v) is 2.59. The predicted molar refractivity (Wildman–Crippen MR) is 100 cm³/mol. The minimum atomic E-state index is -0.529. The molecule has 2 amide bonds. The molecule has 0 aliphatic rings. The summed E-state index contributed by atoms with van der Waals surface area (Å²) in [4.78, 5) is 28.0. The average molecular weight is 379 g/mol. The Morgan fingerprint density at radius 1 is 1.35 bits per heavy atom. The van der Waals surface area contributed by atoms with Gasteiger partial charge in [0.15, 0.2) is 0 Å². The zero-order valence-electron chi connectivity index (χ0n) is 15.2. The number of benzene rings is 1. The molecule has 0 fully saturated rings. The Labute approximate surface area is 157 Å². The van der Waals surface area contributed by atoms with Crippen LogP contribution < -0.4 is 10.6 Å². The van der Waals surface area contributed by atoms with E-state index < -0.39 is 5.97 Å². The maximum atomic E-state index is 12.4. The standard InChI is InChI=1S/C18H23ClN4O3/c1-18(2,3)15(10-23-8-7-20-11-23)22-17(25)21-12-5-6-13(14(19)9-12)16(24)26-4/h5-9,11,15H,10H2,1-4H3,(H2,21,22,25)/t15-/m1/s1. The number of anilines is 1. The van der Waals surface area contributed by atoms with Crippen molar-refractivity contribution in [1.29, 1.82) is 0 Å². The Kier molecular flexibility index (Phi) is 6.26. The van der Waals surface area contributed by atoms with E-state index in [2.05, 4.69) is 41.1 Å². The number of hydrogen-bond donors (Lipinski definition) is 2. The predicted octanol–water partition coefficient (Wildman–Crippen LogP) is 3.56. The number of rotatable bonds is 5. The van der Waals surface area contributed by atoms with E-state index in [-0.39, 0.29) is 28.1 Å². The van der Waals surface area contributed by atoms with Crippen LogP contribution in [0.1, 0.15) is 31.1 Å². The highest BCUT2D eigenvalue weighted by Crippen LogP contribution is 2.23. The third kappa shape index (κ3) is 5.23. The minimum absolute atomic E-state index is 0.124. The number of amides is 2. The second-order valence-electron chi connectivity index (χ2n) is 6.96. The van der Waals surface area contributed by atoms with Gasteiger partial charge < -0.3 is 19.9 Å². The number of urea groups is 1. The third-order valence-electron chi connectivity index (χ3n) is 3.94. The fraction of sp³-hybridized carbons (Fsp3) is 0.389. The van der Waals surface area contributed by atoms with Crippen LogP contribution in [-0.2, 0) is 11.3 Å². The van der Waals surface area contributed by atoms with Gasteiger partial charge in [0, 0.05) is 24.6 Å². The van der Waals surface area contributed by atoms with Crippen molar-refractivity contribution in [1.82, 2.24) is 14.9 Å². The van der Waals surface area contributed by atoms with E-state index in [1.807, 2.05) is 10.8 Å². The summed E-state index contributed by atoms with van der Waals surface area (Å²) < 4.78 is 6.56. The van der Waals surface area contributed by atoms with Crippen LogP contribution in [0.4, 0.5) is 10.5 Å². The molecule has 140 valence electrons. The van der Waals surface area contributed by atoms with Gasteiger partial charge in [-0.2, -0.15) is 0 Å². The topological polar surface area (TPSA) is 85.2 Å². The number of esters is 1. The molecule has 7 nitrogen and oxygen atoms in total. The minimum Gasteiger partial charge on any atom is -0.465 e. The highest BCUT2D eigenvalue weighted by Gasteiger charge is 2.26. The van der Waals surface area contributed by atoms with Gasteiger partial charge in [-0.15, -0.1) is 0 Å². The number of nitrogens with one attached hydrogen (secondary N) is 2. The van der Waals surface area contributed by atoms with Crippen molar-refractivity contribution in [2.75, 3.05) is 12.4 Å². The number of methoxy groups -OCH3 is 1. The van der Waals surface area contributed by atoms with Gasteiger partial charge >= 0.3 is 12.0 Å². The Morgan fingerprint density at radius 2 is 2.08 bits per heavy atom. The molecule has 1 aromatic carbocycles. The molecule has 1 heterocycles. The summed E-state index contributed by atoms with van der Waals surface area (Å²) in [5.74, 6) is -0.529. The molecule has 0 unspecified atom stereocenters. The maximum Gasteiger partial charge on any atom is 0.339 e. The van der Waals surface area contributed by atoms with Gasteiger partial charge in [0.05, 0.1) is 30.1 Å². The summed E-state index contributed by atoms with van der Waals surface area (Å²) in [6.45, 7) is 6.75. The first-order chi connectivity index (χ1) is 12.2. The number of halogens is 1. The summed E-state index contributed by atoms with van der Waals surface area (Å²) in [5.41, 5.74) is 0.566. The van der Waals surface area contributed by atoms with E-state index in [1.165, 1.54) is 19.2 Å². The van der Waals surface area contributed by atoms with Crippen LogP contribution in [0.25, 0.3) is 0 Å². The van der Waals surface area contributed by atoms with Crippen LogP contribution in [0, 0.1) is 5.41 Å². The SMILES string of the molecule is COC(=O)c1ccc(NC(=O)N[C@H](Cn2ccnc2)C(C)(C)C)cc1Cl. The number of carbonyl (C=O) groups is 2. The maximum absolute atomic E-state index is 12.4. The smallest absolute Gasteiger partial charge is 0.339 e. The van der Waals surface area contributed by atoms with Gasteiger partial charge in [-0.25, -0.2) is 14.6 Å². The molecule has 8 heteroatoms. The van der Waals surface area contributed by atoms with Crippen LogP contribution in [0.5, 0.6) is 0 Å².